The van der Waals surface area contributed by atoms with Crippen LogP contribution in [0.2, 0.25) is 44.3 Å². The molecule has 0 fully saturated rings. The molecule has 0 aromatic heterocycles. The third-order valence-corrected chi connectivity index (χ3v) is 9.68. The summed E-state index contributed by atoms with van der Waals surface area (Å²) in [7, 11) is -2.77. The largest absolute Gasteiger partial charge is 0.413 e. The van der Waals surface area contributed by atoms with Gasteiger partial charge in [-0.05, 0) is 65.0 Å². The van der Waals surface area contributed by atoms with E-state index < -0.39 is 16.4 Å². The van der Waals surface area contributed by atoms with E-state index in [2.05, 4.69) is 40.0 Å². The van der Waals surface area contributed by atoms with E-state index in [9.17, 15) is 0 Å². The molecular weight excluding hydrogens is 268 g/mol. The zero-order chi connectivity index (χ0) is 15.2. The molecular formula is C14H36N2OSi2. The van der Waals surface area contributed by atoms with Gasteiger partial charge in [0.05, 0.1) is 8.07 Å². The monoisotopic (exact) mass is 304 g/mol. The van der Waals surface area contributed by atoms with Crippen molar-refractivity contribution in [1.29, 1.82) is 0 Å². The van der Waals surface area contributed by atoms with Gasteiger partial charge in [-0.2, -0.15) is 0 Å². The lowest BCUT2D eigenvalue weighted by atomic mass is 10.2. The summed E-state index contributed by atoms with van der Waals surface area (Å²) < 4.78 is 6.53. The summed E-state index contributed by atoms with van der Waals surface area (Å²) in [6, 6.07) is 3.69. The summed E-state index contributed by atoms with van der Waals surface area (Å²) in [5, 5.41) is 0. The summed E-state index contributed by atoms with van der Waals surface area (Å²) in [5.41, 5.74) is 11.3. The van der Waals surface area contributed by atoms with Crippen LogP contribution in [-0.2, 0) is 4.43 Å². The van der Waals surface area contributed by atoms with Crippen LogP contribution >= 0.6 is 0 Å². The van der Waals surface area contributed by atoms with Crippen LogP contribution in [0.25, 0.3) is 0 Å². The molecule has 0 aromatic carbocycles. The summed E-state index contributed by atoms with van der Waals surface area (Å²) in [4.78, 5) is 0. The number of nitrogens with two attached hydrogens (primary N) is 2. The second kappa shape index (κ2) is 7.93. The van der Waals surface area contributed by atoms with Crippen molar-refractivity contribution in [3.05, 3.63) is 0 Å². The molecule has 0 saturated heterocycles. The molecule has 0 spiro atoms. The highest BCUT2D eigenvalue weighted by Crippen LogP contribution is 2.31. The van der Waals surface area contributed by atoms with Crippen LogP contribution < -0.4 is 11.5 Å². The lowest BCUT2D eigenvalue weighted by molar-refractivity contribution is 0.118. The average Bonchev–Trinajstić information content (AvgIpc) is 2.20. The third-order valence-electron chi connectivity index (χ3n) is 3.50. The zero-order valence-electron chi connectivity index (χ0n) is 14.0. The predicted octanol–water partition coefficient (Wildman–Crippen LogP) is 3.39. The molecule has 0 aliphatic heterocycles. The molecule has 0 atom stereocenters. The lowest BCUT2D eigenvalue weighted by Gasteiger charge is -2.39. The molecule has 0 amide bonds. The van der Waals surface area contributed by atoms with E-state index in [4.69, 9.17) is 15.9 Å². The first-order valence-electron chi connectivity index (χ1n) is 7.64. The van der Waals surface area contributed by atoms with Gasteiger partial charge in [0.1, 0.15) is 0 Å². The standard InChI is InChI=1S/C14H36N2OSi2/c1-14(2,13-18(3,4)11-7-9-15)17-19(5,6)12-8-10-16/h7-13,15-16H2,1-6H3. The molecule has 0 radical (unpaired) electrons. The smallest absolute Gasteiger partial charge is 0.187 e. The summed E-state index contributed by atoms with van der Waals surface area (Å²) in [5.74, 6) is 0. The van der Waals surface area contributed by atoms with Crippen molar-refractivity contribution in [3.8, 4) is 0 Å². The van der Waals surface area contributed by atoms with Crippen LogP contribution in [-0.4, -0.2) is 35.1 Å². The Hall–Kier alpha value is 0.314. The SMILES string of the molecule is CC(C)(C[Si](C)(C)CCCN)O[Si](C)(C)CCCN. The number of rotatable bonds is 10. The van der Waals surface area contributed by atoms with E-state index in [-0.39, 0.29) is 5.60 Å². The van der Waals surface area contributed by atoms with Crippen molar-refractivity contribution < 1.29 is 4.43 Å². The Balaban J connectivity index is 4.44. The maximum Gasteiger partial charge on any atom is 0.187 e. The Kier molecular flexibility index (Phi) is 8.06. The first kappa shape index (κ1) is 19.3. The van der Waals surface area contributed by atoms with Crippen molar-refractivity contribution in [3.63, 3.8) is 0 Å². The first-order valence-corrected chi connectivity index (χ1v) is 14.2. The first-order chi connectivity index (χ1) is 8.54. The predicted molar refractivity (Wildman–Crippen MR) is 91.9 cm³/mol. The van der Waals surface area contributed by atoms with Gasteiger partial charge in [0.25, 0.3) is 0 Å². The summed E-state index contributed by atoms with van der Waals surface area (Å²) >= 11 is 0. The zero-order valence-corrected chi connectivity index (χ0v) is 16.0. The maximum atomic E-state index is 6.53. The molecule has 0 unspecified atom stereocenters. The van der Waals surface area contributed by atoms with Gasteiger partial charge in [-0.15, -0.1) is 0 Å². The second-order valence-electron chi connectivity index (χ2n) is 7.75. The van der Waals surface area contributed by atoms with Gasteiger partial charge in [0, 0.05) is 5.60 Å². The fourth-order valence-corrected chi connectivity index (χ4v) is 9.77. The van der Waals surface area contributed by atoms with Crippen LogP contribution in [0.1, 0.15) is 26.7 Å². The molecule has 3 nitrogen and oxygen atoms in total. The van der Waals surface area contributed by atoms with E-state index in [1.807, 2.05) is 0 Å². The normalized spacial score (nSPS) is 13.9. The van der Waals surface area contributed by atoms with Gasteiger partial charge in [-0.1, -0.05) is 19.1 Å². The molecule has 0 heterocycles. The van der Waals surface area contributed by atoms with E-state index in [0.717, 1.165) is 32.0 Å². The lowest BCUT2D eigenvalue weighted by Crippen LogP contribution is -2.45. The van der Waals surface area contributed by atoms with Crippen molar-refractivity contribution >= 4 is 16.4 Å². The summed E-state index contributed by atoms with van der Waals surface area (Å²) in [6.45, 7) is 15.7. The third kappa shape index (κ3) is 9.79. The molecule has 4 N–H and O–H groups in total. The van der Waals surface area contributed by atoms with Gasteiger partial charge < -0.3 is 15.9 Å². The van der Waals surface area contributed by atoms with Gasteiger partial charge >= 0.3 is 0 Å². The fraction of sp³-hybridized carbons (Fsp3) is 1.00. The topological polar surface area (TPSA) is 61.3 Å². The Morgan fingerprint density at radius 1 is 0.895 bits per heavy atom. The number of hydrogen-bond acceptors (Lipinski definition) is 3. The highest BCUT2D eigenvalue weighted by molar-refractivity contribution is 6.77. The van der Waals surface area contributed by atoms with Crippen molar-refractivity contribution in [2.45, 2.75) is 76.6 Å². The van der Waals surface area contributed by atoms with Gasteiger partial charge in [0.2, 0.25) is 0 Å². The fourth-order valence-electron chi connectivity index (χ4n) is 3.18. The minimum absolute atomic E-state index is 0.00857. The maximum absolute atomic E-state index is 6.53. The Morgan fingerprint density at radius 3 is 1.84 bits per heavy atom. The van der Waals surface area contributed by atoms with Crippen LogP contribution in [0, 0.1) is 0 Å². The van der Waals surface area contributed by atoms with Crippen LogP contribution in [0.3, 0.4) is 0 Å². The summed E-state index contributed by atoms with van der Waals surface area (Å²) in [6.07, 6.45) is 2.24. The van der Waals surface area contributed by atoms with Gasteiger partial charge in [-0.25, -0.2) is 0 Å². The number of hydrogen-bond donors (Lipinski definition) is 2. The molecule has 0 saturated carbocycles. The van der Waals surface area contributed by atoms with E-state index in [1.165, 1.54) is 12.1 Å². The van der Waals surface area contributed by atoms with Crippen molar-refractivity contribution in [1.82, 2.24) is 0 Å². The van der Waals surface area contributed by atoms with Crippen LogP contribution in [0.5, 0.6) is 0 Å². The van der Waals surface area contributed by atoms with Crippen molar-refractivity contribution in [2.75, 3.05) is 13.1 Å². The highest BCUT2D eigenvalue weighted by atomic mass is 28.4. The Labute approximate surface area is 122 Å². The molecule has 0 aliphatic rings. The quantitative estimate of drug-likeness (QED) is 0.608. The molecule has 0 bridgehead atoms. The molecule has 0 rings (SSSR count). The molecule has 19 heavy (non-hydrogen) atoms. The molecule has 116 valence electrons. The van der Waals surface area contributed by atoms with E-state index in [0.29, 0.717) is 0 Å². The van der Waals surface area contributed by atoms with Crippen LogP contribution in [0.4, 0.5) is 0 Å². The highest BCUT2D eigenvalue weighted by Gasteiger charge is 2.35. The molecule has 5 heteroatoms. The van der Waals surface area contributed by atoms with Gasteiger partial charge in [-0.3, -0.25) is 0 Å². The Bertz CT molecular complexity index is 232. The minimum atomic E-state index is -1.57. The second-order valence-corrected chi connectivity index (χ2v) is 17.2. The van der Waals surface area contributed by atoms with Crippen molar-refractivity contribution in [2.24, 2.45) is 11.5 Å². The van der Waals surface area contributed by atoms with E-state index >= 15 is 0 Å². The Morgan fingerprint density at radius 2 is 1.37 bits per heavy atom. The van der Waals surface area contributed by atoms with Crippen LogP contribution in [0.15, 0.2) is 0 Å². The average molecular weight is 305 g/mol. The molecule has 0 aliphatic carbocycles. The molecule has 0 aromatic rings. The van der Waals surface area contributed by atoms with Gasteiger partial charge in [0.15, 0.2) is 8.32 Å². The van der Waals surface area contributed by atoms with E-state index in [1.54, 1.807) is 0 Å². The minimum Gasteiger partial charge on any atom is -0.413 e.